The highest BCUT2D eigenvalue weighted by Gasteiger charge is 2.26. The molecule has 1 saturated carbocycles. The van der Waals surface area contributed by atoms with Crippen molar-refractivity contribution in [2.24, 2.45) is 0 Å². The van der Waals surface area contributed by atoms with Crippen LogP contribution in [0, 0.1) is 5.82 Å². The van der Waals surface area contributed by atoms with Gasteiger partial charge in [0, 0.05) is 37.3 Å². The molecular weight excluding hydrogens is 603 g/mol. The Morgan fingerprint density at radius 2 is 1.55 bits per heavy atom. The van der Waals surface area contributed by atoms with E-state index in [2.05, 4.69) is 20.5 Å². The molecule has 0 unspecified atom stereocenters. The van der Waals surface area contributed by atoms with Crippen molar-refractivity contribution >= 4 is 11.8 Å². The summed E-state index contributed by atoms with van der Waals surface area (Å²) in [4.78, 5) is 32.3. The number of aromatic nitrogens is 1. The quantitative estimate of drug-likeness (QED) is 0.191. The zero-order chi connectivity index (χ0) is 32.8. The Hall–Kier alpha value is -5.00. The number of halogens is 1. The number of ether oxygens (including phenoxy) is 2. The van der Waals surface area contributed by atoms with E-state index in [1.807, 2.05) is 24.3 Å². The number of nitrogens with zero attached hydrogens (tertiary/aromatic N) is 2. The summed E-state index contributed by atoms with van der Waals surface area (Å²) in [7, 11) is 0. The van der Waals surface area contributed by atoms with Gasteiger partial charge in [-0.15, -0.1) is 0 Å². The molecule has 4 N–H and O–H groups in total. The van der Waals surface area contributed by atoms with Crippen LogP contribution in [0.25, 0.3) is 11.1 Å². The summed E-state index contributed by atoms with van der Waals surface area (Å²) in [6, 6.07) is 19.6. The molecule has 0 spiro atoms. The number of phenols is 2. The maximum atomic E-state index is 14.3. The summed E-state index contributed by atoms with van der Waals surface area (Å²) in [5.74, 6) is -0.687. The summed E-state index contributed by atoms with van der Waals surface area (Å²) in [5.41, 5.74) is 3.19. The third-order valence-corrected chi connectivity index (χ3v) is 8.54. The largest absolute Gasteiger partial charge is 0.508 e. The van der Waals surface area contributed by atoms with Crippen LogP contribution in [-0.2, 0) is 11.3 Å². The Morgan fingerprint density at radius 1 is 0.872 bits per heavy atom. The van der Waals surface area contributed by atoms with Crippen LogP contribution in [0.1, 0.15) is 52.0 Å². The third kappa shape index (κ3) is 8.24. The van der Waals surface area contributed by atoms with E-state index in [0.29, 0.717) is 56.8 Å². The Kier molecular flexibility index (Phi) is 9.94. The highest BCUT2D eigenvalue weighted by molar-refractivity contribution is 5.96. The molecule has 2 fully saturated rings. The van der Waals surface area contributed by atoms with Crippen molar-refractivity contribution in [3.8, 4) is 34.3 Å². The predicted molar refractivity (Wildman–Crippen MR) is 173 cm³/mol. The zero-order valence-corrected chi connectivity index (χ0v) is 25.8. The van der Waals surface area contributed by atoms with Crippen LogP contribution in [0.3, 0.4) is 0 Å². The van der Waals surface area contributed by atoms with Gasteiger partial charge < -0.3 is 30.3 Å². The molecule has 11 heteroatoms. The number of phenolic OH excluding ortho intramolecular Hbond substituents is 2. The van der Waals surface area contributed by atoms with Gasteiger partial charge in [0.1, 0.15) is 28.6 Å². The molecule has 6 rings (SSSR count). The fourth-order valence-electron chi connectivity index (χ4n) is 6.03. The Bertz CT molecular complexity index is 1720. The maximum Gasteiger partial charge on any atom is 0.257 e. The first-order valence-corrected chi connectivity index (χ1v) is 15.8. The van der Waals surface area contributed by atoms with Crippen molar-refractivity contribution in [2.75, 3.05) is 26.3 Å². The molecule has 0 bridgehead atoms. The molecular formula is C36H37FN4O6. The highest BCUT2D eigenvalue weighted by Crippen LogP contribution is 2.33. The van der Waals surface area contributed by atoms with Crippen molar-refractivity contribution in [1.29, 1.82) is 0 Å². The standard InChI is InChI=1S/C36H37FN4O6/c37-26-20-33(35(45)40-28-8-6-27(7-9-28)39-34(44)23-4-10-29(42)11-5-23)36(38-21-26)47-31-3-1-2-24(19-31)32-13-12-30(43)18-25(32)22-41-14-16-46-17-15-41/h1-5,10-13,18-21,27-28,42-43H,6-9,14-17,22H2,(H,39,44)(H,40,45). The van der Waals surface area contributed by atoms with Gasteiger partial charge in [-0.1, -0.05) is 18.2 Å². The smallest absolute Gasteiger partial charge is 0.257 e. The number of rotatable bonds is 9. The average molecular weight is 641 g/mol. The predicted octanol–water partition coefficient (Wildman–Crippen LogP) is 5.39. The van der Waals surface area contributed by atoms with Crippen LogP contribution in [-0.4, -0.2) is 70.3 Å². The minimum Gasteiger partial charge on any atom is -0.508 e. The molecule has 244 valence electrons. The van der Waals surface area contributed by atoms with Gasteiger partial charge in [-0.3, -0.25) is 14.5 Å². The van der Waals surface area contributed by atoms with E-state index in [4.69, 9.17) is 9.47 Å². The lowest BCUT2D eigenvalue weighted by Gasteiger charge is -2.29. The number of carbonyl (C=O) groups is 2. The van der Waals surface area contributed by atoms with Crippen LogP contribution in [0.5, 0.6) is 23.1 Å². The lowest BCUT2D eigenvalue weighted by molar-refractivity contribution is 0.0342. The van der Waals surface area contributed by atoms with Gasteiger partial charge in [-0.25, -0.2) is 9.37 Å². The van der Waals surface area contributed by atoms with E-state index in [9.17, 15) is 24.2 Å². The fraction of sp³-hybridized carbons (Fsp3) is 0.306. The molecule has 0 atom stereocenters. The summed E-state index contributed by atoms with van der Waals surface area (Å²) in [6.07, 6.45) is 3.60. The first-order valence-electron chi connectivity index (χ1n) is 15.8. The van der Waals surface area contributed by atoms with Gasteiger partial charge in [0.2, 0.25) is 5.88 Å². The number of pyridine rings is 1. The second-order valence-electron chi connectivity index (χ2n) is 11.9. The fourth-order valence-corrected chi connectivity index (χ4v) is 6.03. The number of benzene rings is 3. The minimum atomic E-state index is -0.659. The number of hydrogen-bond acceptors (Lipinski definition) is 8. The lowest BCUT2D eigenvalue weighted by Crippen LogP contribution is -2.43. The average Bonchev–Trinajstić information content (AvgIpc) is 3.07. The number of carbonyl (C=O) groups excluding carboxylic acids is 2. The molecule has 1 saturated heterocycles. The van der Waals surface area contributed by atoms with E-state index >= 15 is 0 Å². The van der Waals surface area contributed by atoms with Gasteiger partial charge in [0.25, 0.3) is 11.8 Å². The van der Waals surface area contributed by atoms with Crippen LogP contribution in [0.2, 0.25) is 0 Å². The Morgan fingerprint density at radius 3 is 2.28 bits per heavy atom. The van der Waals surface area contributed by atoms with E-state index in [1.165, 1.54) is 12.1 Å². The van der Waals surface area contributed by atoms with Crippen molar-refractivity contribution in [3.63, 3.8) is 0 Å². The number of aromatic hydroxyl groups is 2. The summed E-state index contributed by atoms with van der Waals surface area (Å²) in [6.45, 7) is 3.59. The van der Waals surface area contributed by atoms with E-state index in [1.54, 1.807) is 30.3 Å². The Labute approximate surface area is 272 Å². The molecule has 0 radical (unpaired) electrons. The van der Waals surface area contributed by atoms with Crippen LogP contribution >= 0.6 is 0 Å². The topological polar surface area (TPSA) is 133 Å². The zero-order valence-electron chi connectivity index (χ0n) is 25.8. The van der Waals surface area contributed by atoms with Crippen LogP contribution in [0.4, 0.5) is 4.39 Å². The molecule has 1 aromatic heterocycles. The van der Waals surface area contributed by atoms with E-state index in [-0.39, 0.29) is 40.9 Å². The summed E-state index contributed by atoms with van der Waals surface area (Å²) in [5, 5.41) is 25.7. The molecule has 1 aliphatic heterocycles. The van der Waals surface area contributed by atoms with Gasteiger partial charge in [-0.05, 0) is 97.0 Å². The Balaban J connectivity index is 1.11. The second kappa shape index (κ2) is 14.6. The molecule has 2 heterocycles. The minimum absolute atomic E-state index is 0.0178. The van der Waals surface area contributed by atoms with Crippen LogP contribution in [0.15, 0.2) is 79.0 Å². The van der Waals surface area contributed by atoms with Crippen molar-refractivity contribution < 1.29 is 33.7 Å². The molecule has 4 aromatic rings. The maximum absolute atomic E-state index is 14.3. The van der Waals surface area contributed by atoms with Crippen molar-refractivity contribution in [1.82, 2.24) is 20.5 Å². The van der Waals surface area contributed by atoms with E-state index in [0.717, 1.165) is 42.0 Å². The second-order valence-corrected chi connectivity index (χ2v) is 11.9. The van der Waals surface area contributed by atoms with Gasteiger partial charge in [0.05, 0.1) is 19.4 Å². The first kappa shape index (κ1) is 32.0. The number of morpholine rings is 1. The molecule has 2 aliphatic rings. The van der Waals surface area contributed by atoms with Crippen molar-refractivity contribution in [2.45, 2.75) is 44.3 Å². The summed E-state index contributed by atoms with van der Waals surface area (Å²) < 4.78 is 25.9. The van der Waals surface area contributed by atoms with Gasteiger partial charge in [0.15, 0.2) is 0 Å². The van der Waals surface area contributed by atoms with E-state index < -0.39 is 11.7 Å². The number of amides is 2. The first-order chi connectivity index (χ1) is 22.8. The third-order valence-electron chi connectivity index (χ3n) is 8.54. The van der Waals surface area contributed by atoms with Gasteiger partial charge >= 0.3 is 0 Å². The lowest BCUT2D eigenvalue weighted by atomic mass is 9.90. The van der Waals surface area contributed by atoms with Crippen molar-refractivity contribution in [3.05, 3.63) is 102 Å². The highest BCUT2D eigenvalue weighted by atomic mass is 19.1. The SMILES string of the molecule is O=C(NC1CCC(NC(=O)c2cc(F)cnc2Oc2cccc(-c3ccc(O)cc3CN3CCOCC3)c2)CC1)c1ccc(O)cc1. The summed E-state index contributed by atoms with van der Waals surface area (Å²) >= 11 is 0. The molecule has 47 heavy (non-hydrogen) atoms. The number of nitrogens with one attached hydrogen (secondary N) is 2. The monoisotopic (exact) mass is 640 g/mol. The van der Waals surface area contributed by atoms with Crippen LogP contribution < -0.4 is 15.4 Å². The normalized spacial score (nSPS) is 18.3. The molecule has 10 nitrogen and oxygen atoms in total. The molecule has 1 aliphatic carbocycles. The molecule has 3 aromatic carbocycles. The molecule has 2 amide bonds. The van der Waals surface area contributed by atoms with Gasteiger partial charge in [-0.2, -0.15) is 0 Å². The number of hydrogen-bond donors (Lipinski definition) is 4.